The Hall–Kier alpha value is -2.50. The van der Waals surface area contributed by atoms with Crippen molar-refractivity contribution >= 4 is 22.9 Å². The number of amides is 1. The van der Waals surface area contributed by atoms with Crippen LogP contribution in [0.5, 0.6) is 0 Å². The predicted molar refractivity (Wildman–Crippen MR) is 97.5 cm³/mol. The molecule has 0 fully saturated rings. The lowest BCUT2D eigenvalue weighted by Gasteiger charge is -2.07. The first-order valence-electron chi connectivity index (χ1n) is 7.69. The molecule has 4 nitrogen and oxygen atoms in total. The lowest BCUT2D eigenvalue weighted by Crippen LogP contribution is -2.11. The van der Waals surface area contributed by atoms with Crippen LogP contribution in [0, 0.1) is 6.92 Å². The zero-order chi connectivity index (χ0) is 16.9. The molecule has 0 saturated carbocycles. The third kappa shape index (κ3) is 3.88. The smallest absolute Gasteiger partial charge is 0.255 e. The molecule has 0 aliphatic rings. The average Bonchev–Trinajstić information content (AvgIpc) is 3.03. The normalized spacial score (nSPS) is 10.6. The van der Waals surface area contributed by atoms with Gasteiger partial charge in [0.05, 0.1) is 0 Å². The van der Waals surface area contributed by atoms with Gasteiger partial charge in [0.15, 0.2) is 0 Å². The first kappa shape index (κ1) is 16.4. The maximum Gasteiger partial charge on any atom is 0.255 e. The summed E-state index contributed by atoms with van der Waals surface area (Å²) in [4.78, 5) is 16.8. The molecule has 1 amide bonds. The minimum Gasteiger partial charge on any atom is -0.396 e. The number of aryl methyl sites for hydroxylation is 1. The first-order valence-corrected chi connectivity index (χ1v) is 8.57. The standard InChI is InChI=1S/C19H18N2O2S/c1-13-12-24-19(20-13)16-6-4-15(5-7-16)18(23)21-17-8-2-14(3-9-17)10-11-22/h2-9,12,22H,10-11H2,1H3,(H,21,23). The highest BCUT2D eigenvalue weighted by Gasteiger charge is 2.08. The van der Waals surface area contributed by atoms with Crippen LogP contribution in [0.3, 0.4) is 0 Å². The van der Waals surface area contributed by atoms with Crippen LogP contribution in [0.2, 0.25) is 0 Å². The van der Waals surface area contributed by atoms with E-state index >= 15 is 0 Å². The maximum absolute atomic E-state index is 12.3. The van der Waals surface area contributed by atoms with Gasteiger partial charge in [0.1, 0.15) is 5.01 Å². The zero-order valence-corrected chi connectivity index (χ0v) is 14.1. The number of hydrogen-bond acceptors (Lipinski definition) is 4. The Morgan fingerprint density at radius 3 is 2.42 bits per heavy atom. The number of thiazole rings is 1. The number of nitrogens with zero attached hydrogens (tertiary/aromatic N) is 1. The molecule has 1 heterocycles. The molecule has 24 heavy (non-hydrogen) atoms. The molecular formula is C19H18N2O2S. The van der Waals surface area contributed by atoms with Gasteiger partial charge in [-0.2, -0.15) is 0 Å². The van der Waals surface area contributed by atoms with E-state index in [1.807, 2.05) is 60.8 Å². The van der Waals surface area contributed by atoms with Crippen LogP contribution in [-0.4, -0.2) is 22.6 Å². The fourth-order valence-electron chi connectivity index (χ4n) is 2.34. The van der Waals surface area contributed by atoms with Gasteiger partial charge >= 0.3 is 0 Å². The zero-order valence-electron chi connectivity index (χ0n) is 13.3. The largest absolute Gasteiger partial charge is 0.396 e. The summed E-state index contributed by atoms with van der Waals surface area (Å²) in [7, 11) is 0. The molecule has 0 aliphatic carbocycles. The average molecular weight is 338 g/mol. The molecule has 3 rings (SSSR count). The number of rotatable bonds is 5. The number of nitrogens with one attached hydrogen (secondary N) is 1. The van der Waals surface area contributed by atoms with E-state index < -0.39 is 0 Å². The summed E-state index contributed by atoms with van der Waals surface area (Å²) in [5.41, 5.74) is 4.39. The lowest BCUT2D eigenvalue weighted by molar-refractivity contribution is 0.102. The van der Waals surface area contributed by atoms with Crippen LogP contribution >= 0.6 is 11.3 Å². The molecule has 2 aromatic carbocycles. The van der Waals surface area contributed by atoms with E-state index in [0.29, 0.717) is 12.0 Å². The summed E-state index contributed by atoms with van der Waals surface area (Å²) in [5, 5.41) is 14.8. The fraction of sp³-hybridized carbons (Fsp3) is 0.158. The van der Waals surface area contributed by atoms with E-state index in [1.54, 1.807) is 11.3 Å². The van der Waals surface area contributed by atoms with Crippen molar-refractivity contribution in [2.24, 2.45) is 0 Å². The minimum atomic E-state index is -0.147. The van der Waals surface area contributed by atoms with Crippen molar-refractivity contribution in [1.82, 2.24) is 4.98 Å². The number of aliphatic hydroxyl groups is 1. The van der Waals surface area contributed by atoms with Crippen molar-refractivity contribution in [1.29, 1.82) is 0 Å². The number of aromatic nitrogens is 1. The van der Waals surface area contributed by atoms with E-state index in [4.69, 9.17) is 5.11 Å². The second kappa shape index (κ2) is 7.38. The topological polar surface area (TPSA) is 62.2 Å². The molecular weight excluding hydrogens is 320 g/mol. The monoisotopic (exact) mass is 338 g/mol. The molecule has 0 bridgehead atoms. The van der Waals surface area contributed by atoms with Crippen molar-refractivity contribution < 1.29 is 9.90 Å². The summed E-state index contributed by atoms with van der Waals surface area (Å²) in [6.45, 7) is 2.09. The second-order valence-electron chi connectivity index (χ2n) is 5.50. The van der Waals surface area contributed by atoms with Crippen molar-refractivity contribution in [2.45, 2.75) is 13.3 Å². The van der Waals surface area contributed by atoms with Crippen molar-refractivity contribution in [3.05, 3.63) is 70.7 Å². The number of benzene rings is 2. The highest BCUT2D eigenvalue weighted by molar-refractivity contribution is 7.13. The highest BCUT2D eigenvalue weighted by atomic mass is 32.1. The van der Waals surface area contributed by atoms with Gasteiger partial charge in [0.2, 0.25) is 0 Å². The fourth-order valence-corrected chi connectivity index (χ4v) is 3.14. The Morgan fingerprint density at radius 2 is 1.83 bits per heavy atom. The second-order valence-corrected chi connectivity index (χ2v) is 6.35. The van der Waals surface area contributed by atoms with Crippen LogP contribution in [0.4, 0.5) is 5.69 Å². The van der Waals surface area contributed by atoms with Gasteiger partial charge in [-0.15, -0.1) is 11.3 Å². The van der Waals surface area contributed by atoms with Gasteiger partial charge in [0.25, 0.3) is 5.91 Å². The van der Waals surface area contributed by atoms with Crippen LogP contribution in [0.15, 0.2) is 53.9 Å². The Bertz CT molecular complexity index is 823. The van der Waals surface area contributed by atoms with Gasteiger partial charge in [-0.1, -0.05) is 24.3 Å². The molecule has 0 unspecified atom stereocenters. The third-order valence-electron chi connectivity index (χ3n) is 3.63. The molecule has 0 saturated heterocycles. The Balaban J connectivity index is 1.68. The molecule has 0 atom stereocenters. The Labute approximate surface area is 144 Å². The first-order chi connectivity index (χ1) is 11.7. The van der Waals surface area contributed by atoms with E-state index in [0.717, 1.165) is 27.5 Å². The minimum absolute atomic E-state index is 0.122. The van der Waals surface area contributed by atoms with Gasteiger partial charge in [-0.3, -0.25) is 4.79 Å². The third-order valence-corrected chi connectivity index (χ3v) is 4.63. The molecule has 0 radical (unpaired) electrons. The van der Waals surface area contributed by atoms with Crippen molar-refractivity contribution in [3.8, 4) is 10.6 Å². The van der Waals surface area contributed by atoms with Crippen LogP contribution < -0.4 is 5.32 Å². The van der Waals surface area contributed by atoms with E-state index in [-0.39, 0.29) is 12.5 Å². The van der Waals surface area contributed by atoms with Gasteiger partial charge in [-0.05, 0) is 43.2 Å². The molecule has 5 heteroatoms. The van der Waals surface area contributed by atoms with E-state index in [1.165, 1.54) is 0 Å². The molecule has 0 aliphatic heterocycles. The number of carbonyl (C=O) groups excluding carboxylic acids is 1. The molecule has 1 aromatic heterocycles. The van der Waals surface area contributed by atoms with Crippen LogP contribution in [0.1, 0.15) is 21.6 Å². The van der Waals surface area contributed by atoms with Crippen LogP contribution in [-0.2, 0) is 6.42 Å². The number of carbonyl (C=O) groups is 1. The van der Waals surface area contributed by atoms with Crippen LogP contribution in [0.25, 0.3) is 10.6 Å². The quantitative estimate of drug-likeness (QED) is 0.741. The summed E-state index contributed by atoms with van der Waals surface area (Å²) in [6.07, 6.45) is 0.617. The summed E-state index contributed by atoms with van der Waals surface area (Å²) in [6, 6.07) is 14.9. The molecule has 2 N–H and O–H groups in total. The number of aliphatic hydroxyl groups excluding tert-OH is 1. The van der Waals surface area contributed by atoms with Gasteiger partial charge < -0.3 is 10.4 Å². The SMILES string of the molecule is Cc1csc(-c2ccc(C(=O)Nc3ccc(CCO)cc3)cc2)n1. The van der Waals surface area contributed by atoms with Gasteiger partial charge in [-0.25, -0.2) is 4.98 Å². The highest BCUT2D eigenvalue weighted by Crippen LogP contribution is 2.24. The summed E-state index contributed by atoms with van der Waals surface area (Å²) >= 11 is 1.60. The molecule has 0 spiro atoms. The molecule has 122 valence electrons. The summed E-state index contributed by atoms with van der Waals surface area (Å²) in [5.74, 6) is -0.147. The van der Waals surface area contributed by atoms with Gasteiger partial charge in [0, 0.05) is 34.5 Å². The number of anilines is 1. The lowest BCUT2D eigenvalue weighted by atomic mass is 10.1. The predicted octanol–water partition coefficient (Wildman–Crippen LogP) is 3.91. The maximum atomic E-state index is 12.3. The van der Waals surface area contributed by atoms with E-state index in [9.17, 15) is 4.79 Å². The Kier molecular flexibility index (Phi) is 5.03. The van der Waals surface area contributed by atoms with Crippen molar-refractivity contribution in [2.75, 3.05) is 11.9 Å². The number of hydrogen-bond donors (Lipinski definition) is 2. The van der Waals surface area contributed by atoms with Crippen molar-refractivity contribution in [3.63, 3.8) is 0 Å². The Morgan fingerprint density at radius 1 is 1.12 bits per heavy atom. The summed E-state index contributed by atoms with van der Waals surface area (Å²) < 4.78 is 0. The molecule has 3 aromatic rings. The van der Waals surface area contributed by atoms with E-state index in [2.05, 4.69) is 10.3 Å².